The number of amides is 3. The molecule has 6 heteroatoms. The number of halogens is 1. The molecule has 2 atom stereocenters. The van der Waals surface area contributed by atoms with Gasteiger partial charge in [-0.15, -0.1) is 0 Å². The predicted octanol–water partition coefficient (Wildman–Crippen LogP) is 1.44. The summed E-state index contributed by atoms with van der Waals surface area (Å²) in [4.78, 5) is 25.3. The quantitative estimate of drug-likeness (QED) is 0.622. The van der Waals surface area contributed by atoms with Gasteiger partial charge in [-0.2, -0.15) is 0 Å². The zero-order chi connectivity index (χ0) is 14.2. The van der Waals surface area contributed by atoms with E-state index >= 15 is 0 Å². The number of urea groups is 1. The molecule has 1 aliphatic rings. The van der Waals surface area contributed by atoms with E-state index in [2.05, 4.69) is 27.9 Å². The molecule has 0 spiro atoms. The third kappa shape index (κ3) is 2.59. The van der Waals surface area contributed by atoms with Crippen molar-refractivity contribution in [3.05, 3.63) is 33.4 Å². The maximum Gasteiger partial charge on any atom is 0.325 e. The van der Waals surface area contributed by atoms with Gasteiger partial charge in [0.25, 0.3) is 5.91 Å². The largest absolute Gasteiger partial charge is 0.392 e. The van der Waals surface area contributed by atoms with Crippen molar-refractivity contribution in [1.82, 2.24) is 10.2 Å². The molecule has 0 radical (unpaired) electrons. The van der Waals surface area contributed by atoms with Crippen LogP contribution in [0.25, 0.3) is 0 Å². The summed E-state index contributed by atoms with van der Waals surface area (Å²) >= 11 is 2.18. The van der Waals surface area contributed by atoms with Crippen LogP contribution in [-0.4, -0.2) is 34.6 Å². The highest BCUT2D eigenvalue weighted by Gasteiger charge is 2.48. The van der Waals surface area contributed by atoms with E-state index in [1.165, 1.54) is 0 Å². The fourth-order valence-electron chi connectivity index (χ4n) is 2.11. The van der Waals surface area contributed by atoms with Gasteiger partial charge in [-0.1, -0.05) is 12.1 Å². The van der Waals surface area contributed by atoms with Crippen molar-refractivity contribution in [2.75, 3.05) is 6.54 Å². The molecule has 1 fully saturated rings. The molecule has 0 saturated carbocycles. The Balaban J connectivity index is 2.32. The van der Waals surface area contributed by atoms with Crippen molar-refractivity contribution in [3.8, 4) is 0 Å². The van der Waals surface area contributed by atoms with Crippen molar-refractivity contribution in [2.24, 2.45) is 0 Å². The van der Waals surface area contributed by atoms with Gasteiger partial charge in [0.2, 0.25) is 0 Å². The second kappa shape index (κ2) is 5.09. The topological polar surface area (TPSA) is 69.6 Å². The monoisotopic (exact) mass is 374 g/mol. The second-order valence-corrected chi connectivity index (χ2v) is 6.07. The molecule has 2 rings (SSSR count). The Morgan fingerprint density at radius 1 is 1.37 bits per heavy atom. The summed E-state index contributed by atoms with van der Waals surface area (Å²) in [6, 6.07) is 6.96. The lowest BCUT2D eigenvalue weighted by molar-refractivity contribution is -0.131. The minimum Gasteiger partial charge on any atom is -0.392 e. The Hall–Kier alpha value is -1.15. The fraction of sp³-hybridized carbons (Fsp3) is 0.385. The van der Waals surface area contributed by atoms with Crippen molar-refractivity contribution in [1.29, 1.82) is 0 Å². The lowest BCUT2D eigenvalue weighted by atomic mass is 9.92. The summed E-state index contributed by atoms with van der Waals surface area (Å²) in [5.41, 5.74) is -0.324. The van der Waals surface area contributed by atoms with Gasteiger partial charge in [-0.25, -0.2) is 4.79 Å². The first-order chi connectivity index (χ1) is 8.84. The number of hydrogen-bond acceptors (Lipinski definition) is 3. The SMILES string of the molecule is CC(O)CN1C(=O)NC(C)(c2ccc(I)cc2)C1=O. The molecule has 5 nitrogen and oxygen atoms in total. The van der Waals surface area contributed by atoms with Gasteiger partial charge in [-0.3, -0.25) is 9.69 Å². The third-order valence-electron chi connectivity index (χ3n) is 3.14. The minimum absolute atomic E-state index is 0.00459. The molecule has 19 heavy (non-hydrogen) atoms. The van der Waals surface area contributed by atoms with E-state index in [-0.39, 0.29) is 12.5 Å². The van der Waals surface area contributed by atoms with Crippen molar-refractivity contribution >= 4 is 34.5 Å². The summed E-state index contributed by atoms with van der Waals surface area (Å²) in [7, 11) is 0. The lowest BCUT2D eigenvalue weighted by Crippen LogP contribution is -2.41. The maximum absolute atomic E-state index is 12.4. The highest BCUT2D eigenvalue weighted by atomic mass is 127. The molecule has 1 aromatic carbocycles. The first-order valence-electron chi connectivity index (χ1n) is 5.93. The van der Waals surface area contributed by atoms with E-state index < -0.39 is 17.7 Å². The number of β-amino-alcohol motifs (C(OH)–C–C–N with tert-alkyl or cyclic N) is 1. The molecule has 1 aromatic rings. The van der Waals surface area contributed by atoms with Crippen LogP contribution in [0.15, 0.2) is 24.3 Å². The van der Waals surface area contributed by atoms with Crippen LogP contribution in [0.2, 0.25) is 0 Å². The van der Waals surface area contributed by atoms with Crippen molar-refractivity contribution in [2.45, 2.75) is 25.5 Å². The van der Waals surface area contributed by atoms with E-state index in [1.807, 2.05) is 24.3 Å². The van der Waals surface area contributed by atoms with Crippen LogP contribution in [0, 0.1) is 3.57 Å². The first kappa shape index (κ1) is 14.3. The second-order valence-electron chi connectivity index (χ2n) is 4.83. The number of nitrogens with zero attached hydrogens (tertiary/aromatic N) is 1. The fourth-order valence-corrected chi connectivity index (χ4v) is 2.47. The molecule has 0 bridgehead atoms. The van der Waals surface area contributed by atoms with Crippen LogP contribution in [0.3, 0.4) is 0 Å². The average Bonchev–Trinajstić information content (AvgIpc) is 2.54. The Labute approximate surface area is 125 Å². The van der Waals surface area contributed by atoms with Crippen molar-refractivity contribution in [3.63, 3.8) is 0 Å². The van der Waals surface area contributed by atoms with Gasteiger partial charge in [0.15, 0.2) is 0 Å². The van der Waals surface area contributed by atoms with E-state index in [1.54, 1.807) is 13.8 Å². The Morgan fingerprint density at radius 2 is 1.95 bits per heavy atom. The van der Waals surface area contributed by atoms with Gasteiger partial charge in [-0.05, 0) is 54.1 Å². The van der Waals surface area contributed by atoms with Gasteiger partial charge < -0.3 is 10.4 Å². The number of carbonyl (C=O) groups is 2. The van der Waals surface area contributed by atoms with Crippen LogP contribution in [0.5, 0.6) is 0 Å². The highest BCUT2D eigenvalue weighted by molar-refractivity contribution is 14.1. The molecule has 2 N–H and O–H groups in total. The molecular formula is C13H15IN2O3. The Bertz CT molecular complexity index is 515. The Morgan fingerprint density at radius 3 is 2.47 bits per heavy atom. The predicted molar refractivity (Wildman–Crippen MR) is 78.4 cm³/mol. The van der Waals surface area contributed by atoms with E-state index in [0.717, 1.165) is 14.0 Å². The number of aliphatic hydroxyl groups excluding tert-OH is 1. The number of rotatable bonds is 3. The van der Waals surface area contributed by atoms with Gasteiger partial charge in [0, 0.05) is 3.57 Å². The number of aliphatic hydroxyl groups is 1. The zero-order valence-corrected chi connectivity index (χ0v) is 12.8. The summed E-state index contributed by atoms with van der Waals surface area (Å²) in [5.74, 6) is -0.334. The number of imide groups is 1. The molecular weight excluding hydrogens is 359 g/mol. The molecule has 0 aliphatic carbocycles. The number of hydrogen-bond donors (Lipinski definition) is 2. The molecule has 3 amide bonds. The molecule has 1 heterocycles. The van der Waals surface area contributed by atoms with E-state index in [9.17, 15) is 14.7 Å². The van der Waals surface area contributed by atoms with Crippen molar-refractivity contribution < 1.29 is 14.7 Å². The average molecular weight is 374 g/mol. The lowest BCUT2D eigenvalue weighted by Gasteiger charge is -2.22. The highest BCUT2D eigenvalue weighted by Crippen LogP contribution is 2.29. The van der Waals surface area contributed by atoms with Crippen LogP contribution < -0.4 is 5.32 Å². The third-order valence-corrected chi connectivity index (χ3v) is 3.86. The van der Waals surface area contributed by atoms with Crippen LogP contribution in [0.4, 0.5) is 4.79 Å². The number of carbonyl (C=O) groups excluding carboxylic acids is 2. The molecule has 2 unspecified atom stereocenters. The number of benzene rings is 1. The van der Waals surface area contributed by atoms with E-state index in [0.29, 0.717) is 0 Å². The van der Waals surface area contributed by atoms with Crippen LogP contribution >= 0.6 is 22.6 Å². The van der Waals surface area contributed by atoms with Gasteiger partial charge >= 0.3 is 6.03 Å². The normalized spacial score (nSPS) is 24.5. The first-order valence-corrected chi connectivity index (χ1v) is 7.00. The maximum atomic E-state index is 12.4. The number of nitrogens with one attached hydrogen (secondary N) is 1. The summed E-state index contributed by atoms with van der Waals surface area (Å²) in [6.07, 6.45) is -0.742. The summed E-state index contributed by atoms with van der Waals surface area (Å²) in [5, 5.41) is 12.0. The molecule has 1 aliphatic heterocycles. The van der Waals surface area contributed by atoms with Crippen LogP contribution in [0.1, 0.15) is 19.4 Å². The molecule has 102 valence electrons. The molecule has 0 aromatic heterocycles. The zero-order valence-electron chi connectivity index (χ0n) is 10.7. The van der Waals surface area contributed by atoms with Gasteiger partial charge in [0.05, 0.1) is 12.6 Å². The smallest absolute Gasteiger partial charge is 0.325 e. The molecule has 1 saturated heterocycles. The van der Waals surface area contributed by atoms with Gasteiger partial charge in [0.1, 0.15) is 5.54 Å². The summed E-state index contributed by atoms with van der Waals surface area (Å²) in [6.45, 7) is 3.23. The minimum atomic E-state index is -1.06. The Kier molecular flexibility index (Phi) is 3.82. The summed E-state index contributed by atoms with van der Waals surface area (Å²) < 4.78 is 1.06. The van der Waals surface area contributed by atoms with Crippen LogP contribution in [-0.2, 0) is 10.3 Å². The standard InChI is InChI=1S/C13H15IN2O3/c1-8(17)7-16-11(18)13(2,15-12(16)19)9-3-5-10(14)6-4-9/h3-6,8,17H,7H2,1-2H3,(H,15,19). The van der Waals surface area contributed by atoms with E-state index in [4.69, 9.17) is 0 Å².